The predicted octanol–water partition coefficient (Wildman–Crippen LogP) is 6.26. The maximum absolute atomic E-state index is 14.7. The molecule has 0 atom stereocenters. The van der Waals surface area contributed by atoms with Gasteiger partial charge in [-0.05, 0) is 0 Å². The number of benzene rings is 2. The van der Waals surface area contributed by atoms with E-state index < -0.39 is 11.6 Å². The number of halogens is 2. The number of hydrogen-bond donors (Lipinski definition) is 0. The fourth-order valence-electron chi connectivity index (χ4n) is 2.89. The Labute approximate surface area is 154 Å². The molecule has 0 unspecified atom stereocenters. The van der Waals surface area contributed by atoms with E-state index in [4.69, 9.17) is 0 Å². The van der Waals surface area contributed by atoms with Gasteiger partial charge < -0.3 is 0 Å². The molecule has 1 heterocycles. The minimum atomic E-state index is -0.750. The normalized spacial score (nSPS) is 11.0. The van der Waals surface area contributed by atoms with E-state index in [2.05, 4.69) is 19.9 Å². The summed E-state index contributed by atoms with van der Waals surface area (Å²) in [6.07, 6.45) is 4.29. The Kier molecular flexibility index (Phi) is 5.88. The van der Waals surface area contributed by atoms with E-state index in [1.807, 2.05) is 30.3 Å². The molecule has 130 valence electrons. The third kappa shape index (κ3) is 3.94. The van der Waals surface area contributed by atoms with Gasteiger partial charge in [-0.15, -0.1) is 0 Å². The zero-order valence-corrected chi connectivity index (χ0v) is 16.3. The van der Waals surface area contributed by atoms with Gasteiger partial charge in [-0.3, -0.25) is 0 Å². The Morgan fingerprint density at radius 3 is 2.16 bits per heavy atom. The van der Waals surface area contributed by atoms with E-state index >= 15 is 0 Å². The SMILES string of the molecule is CCCCc1ccc(-c2ccc(-c3ccc(CC)cc3)c(F)c2F)[se]1. The summed E-state index contributed by atoms with van der Waals surface area (Å²) >= 11 is 0.104. The van der Waals surface area contributed by atoms with Crippen molar-refractivity contribution < 1.29 is 8.78 Å². The molecule has 0 aliphatic carbocycles. The van der Waals surface area contributed by atoms with Crippen LogP contribution in [-0.4, -0.2) is 14.5 Å². The van der Waals surface area contributed by atoms with Crippen LogP contribution in [0.15, 0.2) is 48.5 Å². The van der Waals surface area contributed by atoms with Crippen LogP contribution >= 0.6 is 0 Å². The van der Waals surface area contributed by atoms with Gasteiger partial charge in [0, 0.05) is 0 Å². The maximum atomic E-state index is 14.7. The minimum absolute atomic E-state index is 0.104. The van der Waals surface area contributed by atoms with Gasteiger partial charge in [-0.1, -0.05) is 0 Å². The Hall–Kier alpha value is -1.70. The molecule has 3 aromatic rings. The van der Waals surface area contributed by atoms with E-state index in [1.165, 1.54) is 10.0 Å². The summed E-state index contributed by atoms with van der Waals surface area (Å²) in [5.41, 5.74) is 2.64. The second kappa shape index (κ2) is 8.12. The standard InChI is InChI=1S/C22H22F2Se/c1-3-5-6-17-11-14-20(25-17)19-13-12-18(21(23)22(19)24)16-9-7-15(4-2)8-10-16/h7-14H,3-6H2,1-2H3. The van der Waals surface area contributed by atoms with Crippen molar-refractivity contribution in [3.63, 3.8) is 0 Å². The van der Waals surface area contributed by atoms with Crippen molar-refractivity contribution >= 4 is 14.5 Å². The summed E-state index contributed by atoms with van der Waals surface area (Å²) in [5, 5.41) is 0. The van der Waals surface area contributed by atoms with Crippen molar-refractivity contribution in [1.82, 2.24) is 0 Å². The average Bonchev–Trinajstić information content (AvgIpc) is 3.11. The third-order valence-corrected chi connectivity index (χ3v) is 6.93. The average molecular weight is 403 g/mol. The zero-order valence-electron chi connectivity index (χ0n) is 14.6. The van der Waals surface area contributed by atoms with E-state index in [0.29, 0.717) is 16.7 Å². The molecule has 0 aliphatic heterocycles. The van der Waals surface area contributed by atoms with Gasteiger partial charge in [0.1, 0.15) is 0 Å². The Bertz CT molecular complexity index is 847. The van der Waals surface area contributed by atoms with Crippen LogP contribution in [0.25, 0.3) is 21.1 Å². The molecule has 0 saturated carbocycles. The first kappa shape index (κ1) is 18.1. The summed E-state index contributed by atoms with van der Waals surface area (Å²) in [5.74, 6) is -1.48. The quantitative estimate of drug-likeness (QED) is 0.426. The van der Waals surface area contributed by atoms with Gasteiger partial charge >= 0.3 is 154 Å². The van der Waals surface area contributed by atoms with Gasteiger partial charge in [0.25, 0.3) is 0 Å². The topological polar surface area (TPSA) is 0 Å². The van der Waals surface area contributed by atoms with E-state index in [0.717, 1.165) is 30.1 Å². The van der Waals surface area contributed by atoms with Crippen LogP contribution in [0, 0.1) is 11.6 Å². The summed E-state index contributed by atoms with van der Waals surface area (Å²) in [6.45, 7) is 4.24. The molecule has 3 rings (SSSR count). The predicted molar refractivity (Wildman–Crippen MR) is 102 cm³/mol. The fraction of sp³-hybridized carbons (Fsp3) is 0.273. The van der Waals surface area contributed by atoms with E-state index in [9.17, 15) is 8.78 Å². The Morgan fingerprint density at radius 2 is 1.48 bits per heavy atom. The van der Waals surface area contributed by atoms with Crippen molar-refractivity contribution in [3.05, 3.63) is 70.2 Å². The first-order chi connectivity index (χ1) is 12.1. The summed E-state index contributed by atoms with van der Waals surface area (Å²) < 4.78 is 31.7. The number of aryl methyl sites for hydroxylation is 2. The summed E-state index contributed by atoms with van der Waals surface area (Å²) in [6, 6.07) is 15.1. The molecule has 0 aliphatic rings. The van der Waals surface area contributed by atoms with Crippen LogP contribution < -0.4 is 0 Å². The second-order valence-corrected chi connectivity index (χ2v) is 8.66. The number of hydrogen-bond acceptors (Lipinski definition) is 0. The van der Waals surface area contributed by atoms with Crippen molar-refractivity contribution in [1.29, 1.82) is 0 Å². The molecule has 2 aromatic carbocycles. The monoisotopic (exact) mass is 404 g/mol. The van der Waals surface area contributed by atoms with Crippen LogP contribution in [0.1, 0.15) is 36.7 Å². The molecule has 3 heteroatoms. The van der Waals surface area contributed by atoms with Gasteiger partial charge in [-0.25, -0.2) is 0 Å². The molecule has 0 spiro atoms. The molecule has 0 nitrogen and oxygen atoms in total. The van der Waals surface area contributed by atoms with Crippen molar-refractivity contribution in [3.8, 4) is 21.1 Å². The molecule has 0 amide bonds. The molecule has 1 aromatic heterocycles. The molecule has 0 saturated heterocycles. The van der Waals surface area contributed by atoms with Crippen molar-refractivity contribution in [2.24, 2.45) is 0 Å². The molecular formula is C22H22F2Se. The van der Waals surface area contributed by atoms with E-state index in [-0.39, 0.29) is 14.5 Å². The van der Waals surface area contributed by atoms with Crippen molar-refractivity contribution in [2.75, 3.05) is 0 Å². The van der Waals surface area contributed by atoms with Crippen LogP contribution in [0.4, 0.5) is 8.78 Å². The van der Waals surface area contributed by atoms with Crippen molar-refractivity contribution in [2.45, 2.75) is 39.5 Å². The van der Waals surface area contributed by atoms with Crippen LogP contribution in [0.5, 0.6) is 0 Å². The van der Waals surface area contributed by atoms with Gasteiger partial charge in [-0.2, -0.15) is 0 Å². The second-order valence-electron chi connectivity index (χ2n) is 6.21. The summed E-state index contributed by atoms with van der Waals surface area (Å²) in [7, 11) is 0. The number of unbranched alkanes of at least 4 members (excludes halogenated alkanes) is 1. The van der Waals surface area contributed by atoms with Gasteiger partial charge in [0.05, 0.1) is 0 Å². The Morgan fingerprint density at radius 1 is 0.800 bits per heavy atom. The van der Waals surface area contributed by atoms with Gasteiger partial charge in [0.15, 0.2) is 0 Å². The molecule has 0 bridgehead atoms. The fourth-order valence-corrected chi connectivity index (χ4v) is 5.13. The molecular weight excluding hydrogens is 381 g/mol. The molecule has 0 fully saturated rings. The molecule has 25 heavy (non-hydrogen) atoms. The Balaban J connectivity index is 1.93. The van der Waals surface area contributed by atoms with E-state index in [1.54, 1.807) is 12.1 Å². The van der Waals surface area contributed by atoms with Crippen LogP contribution in [0.3, 0.4) is 0 Å². The molecule has 0 N–H and O–H groups in total. The first-order valence-electron chi connectivity index (χ1n) is 8.80. The van der Waals surface area contributed by atoms with Gasteiger partial charge in [0.2, 0.25) is 0 Å². The molecule has 0 radical (unpaired) electrons. The van der Waals surface area contributed by atoms with Crippen LogP contribution in [-0.2, 0) is 12.8 Å². The zero-order chi connectivity index (χ0) is 17.8. The third-order valence-electron chi connectivity index (χ3n) is 4.46. The van der Waals surface area contributed by atoms with Crippen LogP contribution in [0.2, 0.25) is 0 Å². The number of rotatable bonds is 6. The summed E-state index contributed by atoms with van der Waals surface area (Å²) in [4.78, 5) is 0. The first-order valence-corrected chi connectivity index (χ1v) is 10.5.